The molecular weight excluding hydrogens is 268 g/mol. The van der Waals surface area contributed by atoms with Gasteiger partial charge in [-0.05, 0) is 55.1 Å². The minimum absolute atomic E-state index is 0.0128. The van der Waals surface area contributed by atoms with Gasteiger partial charge in [0.15, 0.2) is 11.6 Å². The maximum absolute atomic E-state index is 13.5. The van der Waals surface area contributed by atoms with E-state index in [1.54, 1.807) is 6.07 Å². The second-order valence-corrected chi connectivity index (χ2v) is 5.31. The Bertz CT molecular complexity index is 596. The molecule has 112 valence electrons. The molecular formula is C18H21F2N. The fourth-order valence-electron chi connectivity index (χ4n) is 2.41. The van der Waals surface area contributed by atoms with Crippen molar-refractivity contribution in [2.45, 2.75) is 32.7 Å². The number of hydrogen-bond acceptors (Lipinski definition) is 1. The van der Waals surface area contributed by atoms with Gasteiger partial charge in [0.1, 0.15) is 0 Å². The van der Waals surface area contributed by atoms with Crippen LogP contribution < -0.4 is 5.32 Å². The fraction of sp³-hybridized carbons (Fsp3) is 0.333. The summed E-state index contributed by atoms with van der Waals surface area (Å²) in [5.41, 5.74) is 3.21. The van der Waals surface area contributed by atoms with Crippen LogP contribution in [0.15, 0.2) is 42.5 Å². The van der Waals surface area contributed by atoms with Crippen LogP contribution in [0.2, 0.25) is 0 Å². The van der Waals surface area contributed by atoms with Gasteiger partial charge in [-0.15, -0.1) is 0 Å². The maximum Gasteiger partial charge on any atom is 0.159 e. The molecule has 0 saturated heterocycles. The smallest absolute Gasteiger partial charge is 0.159 e. The van der Waals surface area contributed by atoms with Crippen LogP contribution in [0.1, 0.15) is 36.1 Å². The Morgan fingerprint density at radius 2 is 1.81 bits per heavy atom. The van der Waals surface area contributed by atoms with Gasteiger partial charge < -0.3 is 5.32 Å². The highest BCUT2D eigenvalue weighted by Gasteiger charge is 2.14. The third-order valence-electron chi connectivity index (χ3n) is 3.67. The summed E-state index contributed by atoms with van der Waals surface area (Å²) in [6.45, 7) is 5.00. The van der Waals surface area contributed by atoms with Crippen molar-refractivity contribution in [2.75, 3.05) is 6.54 Å². The molecule has 0 heterocycles. The van der Waals surface area contributed by atoms with Gasteiger partial charge in [0, 0.05) is 6.04 Å². The zero-order chi connectivity index (χ0) is 15.2. The summed E-state index contributed by atoms with van der Waals surface area (Å²) in [6.07, 6.45) is 1.76. The van der Waals surface area contributed by atoms with Crippen LogP contribution >= 0.6 is 0 Å². The Morgan fingerprint density at radius 1 is 1.05 bits per heavy atom. The van der Waals surface area contributed by atoms with E-state index in [4.69, 9.17) is 0 Å². The second kappa shape index (κ2) is 7.32. The van der Waals surface area contributed by atoms with Gasteiger partial charge in [0.25, 0.3) is 0 Å². The Hall–Kier alpha value is -1.74. The Balaban J connectivity index is 2.25. The molecule has 0 aliphatic rings. The number of benzene rings is 2. The summed E-state index contributed by atoms with van der Waals surface area (Å²) in [7, 11) is 0. The molecule has 0 fully saturated rings. The van der Waals surface area contributed by atoms with Crippen LogP contribution in [0.5, 0.6) is 0 Å². The first-order chi connectivity index (χ1) is 10.1. The van der Waals surface area contributed by atoms with Crippen molar-refractivity contribution in [3.05, 3.63) is 70.8 Å². The molecule has 1 nitrogen and oxygen atoms in total. The molecule has 2 rings (SSSR count). The quantitative estimate of drug-likeness (QED) is 0.822. The van der Waals surface area contributed by atoms with Crippen LogP contribution in [0, 0.1) is 18.6 Å². The SMILES string of the molecule is CCCNC(Cc1ccccc1C)c1ccc(F)c(F)c1. The maximum atomic E-state index is 13.5. The summed E-state index contributed by atoms with van der Waals surface area (Å²) in [5, 5.41) is 3.42. The van der Waals surface area contributed by atoms with Gasteiger partial charge in [0.2, 0.25) is 0 Å². The highest BCUT2D eigenvalue weighted by molar-refractivity contribution is 5.29. The summed E-state index contributed by atoms with van der Waals surface area (Å²) >= 11 is 0. The van der Waals surface area contributed by atoms with E-state index in [1.807, 2.05) is 12.1 Å². The van der Waals surface area contributed by atoms with Gasteiger partial charge in [0.05, 0.1) is 0 Å². The standard InChI is InChI=1S/C18H21F2N/c1-3-10-21-18(12-14-7-5-4-6-13(14)2)15-8-9-16(19)17(20)11-15/h4-9,11,18,21H,3,10,12H2,1-2H3. The van der Waals surface area contributed by atoms with Crippen molar-refractivity contribution in [1.82, 2.24) is 5.32 Å². The van der Waals surface area contributed by atoms with E-state index in [0.29, 0.717) is 0 Å². The van der Waals surface area contributed by atoms with Gasteiger partial charge in [-0.2, -0.15) is 0 Å². The Kier molecular flexibility index (Phi) is 5.45. The highest BCUT2D eigenvalue weighted by atomic mass is 19.2. The summed E-state index contributed by atoms with van der Waals surface area (Å²) < 4.78 is 26.6. The van der Waals surface area contributed by atoms with Crippen LogP contribution in [-0.2, 0) is 6.42 Å². The first-order valence-corrected chi connectivity index (χ1v) is 7.34. The summed E-state index contributed by atoms with van der Waals surface area (Å²) in [6, 6.07) is 12.3. The monoisotopic (exact) mass is 289 g/mol. The Morgan fingerprint density at radius 3 is 2.48 bits per heavy atom. The van der Waals surface area contributed by atoms with E-state index in [2.05, 4.69) is 31.3 Å². The Labute approximate surface area is 125 Å². The lowest BCUT2D eigenvalue weighted by Gasteiger charge is -2.20. The minimum atomic E-state index is -0.802. The van der Waals surface area contributed by atoms with Crippen molar-refractivity contribution in [3.63, 3.8) is 0 Å². The number of rotatable bonds is 6. The molecule has 0 amide bonds. The topological polar surface area (TPSA) is 12.0 Å². The van der Waals surface area contributed by atoms with Gasteiger partial charge in [-0.3, -0.25) is 0 Å². The van der Waals surface area contributed by atoms with E-state index in [9.17, 15) is 8.78 Å². The lowest BCUT2D eigenvalue weighted by Crippen LogP contribution is -2.24. The molecule has 21 heavy (non-hydrogen) atoms. The lowest BCUT2D eigenvalue weighted by molar-refractivity contribution is 0.493. The van der Waals surface area contributed by atoms with E-state index in [1.165, 1.54) is 23.3 Å². The van der Waals surface area contributed by atoms with E-state index >= 15 is 0 Å². The lowest BCUT2D eigenvalue weighted by atomic mass is 9.96. The molecule has 0 aliphatic heterocycles. The molecule has 1 atom stereocenters. The molecule has 1 N–H and O–H groups in total. The third kappa shape index (κ3) is 4.11. The van der Waals surface area contributed by atoms with E-state index in [-0.39, 0.29) is 6.04 Å². The first-order valence-electron chi connectivity index (χ1n) is 7.34. The largest absolute Gasteiger partial charge is 0.310 e. The zero-order valence-corrected chi connectivity index (χ0v) is 12.5. The molecule has 1 unspecified atom stereocenters. The van der Waals surface area contributed by atoms with Crippen molar-refractivity contribution >= 4 is 0 Å². The average Bonchev–Trinajstić information content (AvgIpc) is 2.48. The zero-order valence-electron chi connectivity index (χ0n) is 12.5. The molecule has 2 aromatic carbocycles. The third-order valence-corrected chi connectivity index (χ3v) is 3.67. The molecule has 3 heteroatoms. The van der Waals surface area contributed by atoms with Crippen LogP contribution in [0.3, 0.4) is 0 Å². The first kappa shape index (κ1) is 15.6. The molecule has 0 aromatic heterocycles. The van der Waals surface area contributed by atoms with Crippen molar-refractivity contribution in [1.29, 1.82) is 0 Å². The van der Waals surface area contributed by atoms with Crippen LogP contribution in [0.25, 0.3) is 0 Å². The minimum Gasteiger partial charge on any atom is -0.310 e. The molecule has 0 saturated carbocycles. The number of aryl methyl sites for hydroxylation is 1. The fourth-order valence-corrected chi connectivity index (χ4v) is 2.41. The number of halogens is 2. The highest BCUT2D eigenvalue weighted by Crippen LogP contribution is 2.22. The molecule has 0 aliphatic carbocycles. The van der Waals surface area contributed by atoms with Crippen LogP contribution in [0.4, 0.5) is 8.78 Å². The van der Waals surface area contributed by atoms with Crippen molar-refractivity contribution in [2.24, 2.45) is 0 Å². The van der Waals surface area contributed by atoms with E-state index < -0.39 is 11.6 Å². The molecule has 2 aromatic rings. The molecule has 0 spiro atoms. The van der Waals surface area contributed by atoms with Gasteiger partial charge >= 0.3 is 0 Å². The van der Waals surface area contributed by atoms with Crippen LogP contribution in [-0.4, -0.2) is 6.54 Å². The summed E-state index contributed by atoms with van der Waals surface area (Å²) in [4.78, 5) is 0. The average molecular weight is 289 g/mol. The number of nitrogens with one attached hydrogen (secondary N) is 1. The second-order valence-electron chi connectivity index (χ2n) is 5.31. The predicted octanol–water partition coefficient (Wildman–Crippen LogP) is 4.56. The van der Waals surface area contributed by atoms with Gasteiger partial charge in [-0.25, -0.2) is 8.78 Å². The normalized spacial score (nSPS) is 12.4. The van der Waals surface area contributed by atoms with Crippen molar-refractivity contribution in [3.8, 4) is 0 Å². The van der Waals surface area contributed by atoms with Gasteiger partial charge in [-0.1, -0.05) is 37.3 Å². The molecule has 0 bridgehead atoms. The molecule has 0 radical (unpaired) electrons. The summed E-state index contributed by atoms with van der Waals surface area (Å²) in [5.74, 6) is -1.59. The van der Waals surface area contributed by atoms with Crippen molar-refractivity contribution < 1.29 is 8.78 Å². The van der Waals surface area contributed by atoms with E-state index in [0.717, 1.165) is 24.9 Å². The predicted molar refractivity (Wildman–Crippen MR) is 82.3 cm³/mol. The number of hydrogen-bond donors (Lipinski definition) is 1.